The molecule has 1 aliphatic rings. The number of anilines is 1. The van der Waals surface area contributed by atoms with Gasteiger partial charge in [-0.2, -0.15) is 0 Å². The van der Waals surface area contributed by atoms with Crippen molar-refractivity contribution in [2.75, 3.05) is 52.9 Å². The van der Waals surface area contributed by atoms with Gasteiger partial charge in [0.05, 0.1) is 26.3 Å². The van der Waals surface area contributed by atoms with Crippen LogP contribution in [0, 0.1) is 17.8 Å². The number of ether oxygens (including phenoxy) is 3. The number of aliphatic hydroxyl groups is 1. The van der Waals surface area contributed by atoms with E-state index in [0.29, 0.717) is 23.5 Å². The van der Waals surface area contributed by atoms with Crippen molar-refractivity contribution >= 4 is 17.6 Å². The Morgan fingerprint density at radius 2 is 2.08 bits per heavy atom. The standard InChI is InChI=1S/C27H34N4O6/c1-18-15-31(19(2)17-32)26(33)23-13-20(7-6-12-35-4)14-28-25(23)37-24(18)16-30(3)27(34)29-21-8-10-22(36-5)11-9-21/h8-11,13-14,18-19,24,32H,12,15-17H2,1-5H3,(H,29,34)/t18-,19-,24-/m1/s1. The summed E-state index contributed by atoms with van der Waals surface area (Å²) >= 11 is 0. The highest BCUT2D eigenvalue weighted by Crippen LogP contribution is 2.27. The fourth-order valence-electron chi connectivity index (χ4n) is 3.84. The van der Waals surface area contributed by atoms with E-state index in [4.69, 9.17) is 14.2 Å². The molecule has 2 N–H and O–H groups in total. The second-order valence-corrected chi connectivity index (χ2v) is 8.97. The van der Waals surface area contributed by atoms with E-state index < -0.39 is 12.1 Å². The Kier molecular flexibility index (Phi) is 9.71. The molecule has 1 aliphatic heterocycles. The van der Waals surface area contributed by atoms with Crippen LogP contribution in [-0.4, -0.2) is 91.5 Å². The first-order valence-corrected chi connectivity index (χ1v) is 12.0. The van der Waals surface area contributed by atoms with E-state index in [9.17, 15) is 14.7 Å². The maximum absolute atomic E-state index is 13.4. The van der Waals surface area contributed by atoms with Crippen LogP contribution in [0.3, 0.4) is 0 Å². The summed E-state index contributed by atoms with van der Waals surface area (Å²) in [7, 11) is 4.81. The SMILES string of the molecule is COCC#Cc1cnc2c(c1)C(=O)N([C@H](C)CO)C[C@@H](C)[C@@H](CN(C)C(=O)Nc1ccc(OC)cc1)O2. The molecule has 10 heteroatoms. The van der Waals surface area contributed by atoms with Crippen LogP contribution in [0.15, 0.2) is 36.5 Å². The molecular formula is C27H34N4O6. The second kappa shape index (κ2) is 12.9. The molecule has 0 unspecified atom stereocenters. The number of methoxy groups -OCH3 is 2. The number of urea groups is 1. The van der Waals surface area contributed by atoms with Gasteiger partial charge in [-0.1, -0.05) is 18.8 Å². The summed E-state index contributed by atoms with van der Waals surface area (Å²) in [4.78, 5) is 33.8. The van der Waals surface area contributed by atoms with Crippen molar-refractivity contribution in [3.63, 3.8) is 0 Å². The van der Waals surface area contributed by atoms with Gasteiger partial charge in [0.25, 0.3) is 5.91 Å². The summed E-state index contributed by atoms with van der Waals surface area (Å²) in [5.41, 5.74) is 1.43. The van der Waals surface area contributed by atoms with E-state index in [1.807, 2.05) is 6.92 Å². The van der Waals surface area contributed by atoms with Gasteiger partial charge in [0.1, 0.15) is 24.0 Å². The van der Waals surface area contributed by atoms with E-state index in [-0.39, 0.29) is 49.1 Å². The first-order chi connectivity index (χ1) is 17.8. The molecule has 0 radical (unpaired) electrons. The number of nitrogens with one attached hydrogen (secondary N) is 1. The first-order valence-electron chi connectivity index (χ1n) is 12.0. The van der Waals surface area contributed by atoms with Crippen LogP contribution in [0.5, 0.6) is 11.6 Å². The fourth-order valence-corrected chi connectivity index (χ4v) is 3.84. The van der Waals surface area contributed by atoms with Crippen molar-refractivity contribution in [1.82, 2.24) is 14.8 Å². The van der Waals surface area contributed by atoms with Crippen LogP contribution >= 0.6 is 0 Å². The van der Waals surface area contributed by atoms with Gasteiger partial charge in [-0.25, -0.2) is 9.78 Å². The predicted octanol–water partition coefficient (Wildman–Crippen LogP) is 2.47. The molecule has 2 aromatic rings. The first kappa shape index (κ1) is 27.8. The van der Waals surface area contributed by atoms with Crippen molar-refractivity contribution in [3.8, 4) is 23.5 Å². The number of hydrogen-bond donors (Lipinski definition) is 2. The minimum absolute atomic E-state index is 0.162. The average molecular weight is 511 g/mol. The summed E-state index contributed by atoms with van der Waals surface area (Å²) in [6.45, 7) is 4.36. The molecule has 198 valence electrons. The van der Waals surface area contributed by atoms with Crippen LogP contribution in [0.2, 0.25) is 0 Å². The highest BCUT2D eigenvalue weighted by molar-refractivity contribution is 5.97. The third kappa shape index (κ3) is 7.12. The number of hydrogen-bond acceptors (Lipinski definition) is 7. The fraction of sp³-hybridized carbons (Fsp3) is 0.444. The Morgan fingerprint density at radius 3 is 2.73 bits per heavy atom. The lowest BCUT2D eigenvalue weighted by atomic mass is 10.00. The number of aromatic nitrogens is 1. The molecule has 0 aliphatic carbocycles. The summed E-state index contributed by atoms with van der Waals surface area (Å²) in [6, 6.07) is 7.95. The Balaban J connectivity index is 1.84. The smallest absolute Gasteiger partial charge is 0.321 e. The lowest BCUT2D eigenvalue weighted by molar-refractivity contribution is 0.0356. The monoisotopic (exact) mass is 510 g/mol. The number of benzene rings is 1. The largest absolute Gasteiger partial charge is 0.497 e. The van der Waals surface area contributed by atoms with Crippen molar-refractivity contribution in [2.24, 2.45) is 5.92 Å². The molecule has 3 amide bonds. The van der Waals surface area contributed by atoms with Crippen LogP contribution in [0.4, 0.5) is 10.5 Å². The van der Waals surface area contributed by atoms with Gasteiger partial charge in [-0.05, 0) is 37.3 Å². The zero-order valence-corrected chi connectivity index (χ0v) is 21.9. The molecule has 37 heavy (non-hydrogen) atoms. The minimum atomic E-state index is -0.468. The number of rotatable bonds is 7. The predicted molar refractivity (Wildman–Crippen MR) is 139 cm³/mol. The third-order valence-corrected chi connectivity index (χ3v) is 6.11. The molecule has 0 saturated carbocycles. The molecule has 1 aromatic carbocycles. The topological polar surface area (TPSA) is 113 Å². The number of nitrogens with zero attached hydrogens (tertiary/aromatic N) is 3. The molecule has 0 bridgehead atoms. The summed E-state index contributed by atoms with van der Waals surface area (Å²) in [6.07, 6.45) is 1.07. The highest BCUT2D eigenvalue weighted by Gasteiger charge is 2.34. The van der Waals surface area contributed by atoms with Gasteiger partial charge in [0.15, 0.2) is 0 Å². The zero-order chi connectivity index (χ0) is 26.9. The third-order valence-electron chi connectivity index (χ3n) is 6.11. The molecule has 0 fully saturated rings. The van der Waals surface area contributed by atoms with Crippen LogP contribution in [0.25, 0.3) is 0 Å². The van der Waals surface area contributed by atoms with E-state index in [0.717, 1.165) is 0 Å². The lowest BCUT2D eigenvalue weighted by Gasteiger charge is -2.37. The lowest BCUT2D eigenvalue weighted by Crippen LogP contribution is -2.50. The Labute approximate surface area is 217 Å². The molecule has 3 atom stereocenters. The molecule has 10 nitrogen and oxygen atoms in total. The van der Waals surface area contributed by atoms with Crippen molar-refractivity contribution in [3.05, 3.63) is 47.7 Å². The minimum Gasteiger partial charge on any atom is -0.497 e. The number of likely N-dealkylation sites (N-methyl/N-ethyl adjacent to an activating group) is 1. The van der Waals surface area contributed by atoms with Gasteiger partial charge < -0.3 is 34.4 Å². The van der Waals surface area contributed by atoms with Gasteiger partial charge in [-0.3, -0.25) is 4.79 Å². The number of pyridine rings is 1. The van der Waals surface area contributed by atoms with Crippen LogP contribution < -0.4 is 14.8 Å². The second-order valence-electron chi connectivity index (χ2n) is 8.97. The number of carbonyl (C=O) groups excluding carboxylic acids is 2. The molecule has 0 spiro atoms. The van der Waals surface area contributed by atoms with E-state index in [1.54, 1.807) is 63.4 Å². The Morgan fingerprint density at radius 1 is 1.35 bits per heavy atom. The number of amides is 3. The average Bonchev–Trinajstić information content (AvgIpc) is 2.90. The zero-order valence-electron chi connectivity index (χ0n) is 21.9. The molecule has 1 aromatic heterocycles. The molecule has 0 saturated heterocycles. The summed E-state index contributed by atoms with van der Waals surface area (Å²) in [5, 5.41) is 12.7. The molecule has 3 rings (SSSR count). The van der Waals surface area contributed by atoms with Crippen LogP contribution in [-0.2, 0) is 4.74 Å². The summed E-state index contributed by atoms with van der Waals surface area (Å²) < 4.78 is 16.3. The van der Waals surface area contributed by atoms with Crippen molar-refractivity contribution < 1.29 is 28.9 Å². The van der Waals surface area contributed by atoms with Gasteiger partial charge >= 0.3 is 6.03 Å². The van der Waals surface area contributed by atoms with Gasteiger partial charge in [0, 0.05) is 44.1 Å². The van der Waals surface area contributed by atoms with E-state index >= 15 is 0 Å². The maximum atomic E-state index is 13.4. The number of fused-ring (bicyclic) bond motifs is 1. The van der Waals surface area contributed by atoms with E-state index in [1.165, 1.54) is 11.1 Å². The quantitative estimate of drug-likeness (QED) is 0.550. The maximum Gasteiger partial charge on any atom is 0.321 e. The highest BCUT2D eigenvalue weighted by atomic mass is 16.5. The number of carbonyl (C=O) groups is 2. The van der Waals surface area contributed by atoms with Gasteiger partial charge in [0.2, 0.25) is 5.88 Å². The van der Waals surface area contributed by atoms with E-state index in [2.05, 4.69) is 22.1 Å². The Bertz CT molecular complexity index is 1140. The molecular weight excluding hydrogens is 476 g/mol. The van der Waals surface area contributed by atoms with Crippen molar-refractivity contribution in [1.29, 1.82) is 0 Å². The normalized spacial score (nSPS) is 17.8. The van der Waals surface area contributed by atoms with Crippen molar-refractivity contribution in [2.45, 2.75) is 26.0 Å². The molecule has 2 heterocycles. The Hall–Kier alpha value is -3.81. The van der Waals surface area contributed by atoms with Gasteiger partial charge in [-0.15, -0.1) is 0 Å². The summed E-state index contributed by atoms with van der Waals surface area (Å²) in [5.74, 6) is 6.18. The van der Waals surface area contributed by atoms with Crippen LogP contribution in [0.1, 0.15) is 29.8 Å². The number of aliphatic hydroxyl groups excluding tert-OH is 1.